The molecule has 0 aliphatic carbocycles. The molecule has 0 aliphatic rings. The van der Waals surface area contributed by atoms with Crippen LogP contribution in [-0.2, 0) is 24.6 Å². The van der Waals surface area contributed by atoms with Gasteiger partial charge in [0.2, 0.25) is 17.2 Å². The largest absolute Gasteiger partial charge is 0.483 e. The molecule has 160 valence electrons. The second kappa shape index (κ2) is 9.73. The first-order chi connectivity index (χ1) is 14.9. The lowest BCUT2D eigenvalue weighted by atomic mass is 10.1. The Balaban J connectivity index is 1.74. The number of anilines is 1. The minimum atomic E-state index is -0.558. The number of amides is 2. The maximum atomic E-state index is 12.5. The number of aryl methyl sites for hydroxylation is 1. The van der Waals surface area contributed by atoms with Crippen LogP contribution in [0.4, 0.5) is 5.69 Å². The van der Waals surface area contributed by atoms with Gasteiger partial charge >= 0.3 is 0 Å². The summed E-state index contributed by atoms with van der Waals surface area (Å²) in [6.07, 6.45) is 1.42. The van der Waals surface area contributed by atoms with Gasteiger partial charge in [-0.3, -0.25) is 14.4 Å². The molecule has 4 N–H and O–H groups in total. The van der Waals surface area contributed by atoms with Crippen molar-refractivity contribution in [1.29, 1.82) is 0 Å². The Morgan fingerprint density at radius 2 is 1.84 bits per heavy atom. The van der Waals surface area contributed by atoms with Crippen molar-refractivity contribution >= 4 is 17.5 Å². The maximum Gasteiger partial charge on any atom is 0.248 e. The zero-order chi connectivity index (χ0) is 22.4. The molecule has 0 unspecified atom stereocenters. The molecule has 3 aromatic rings. The van der Waals surface area contributed by atoms with Gasteiger partial charge in [-0.05, 0) is 42.3 Å². The van der Waals surface area contributed by atoms with Gasteiger partial charge in [0, 0.05) is 23.0 Å². The van der Waals surface area contributed by atoms with Crippen molar-refractivity contribution in [2.24, 2.45) is 5.73 Å². The van der Waals surface area contributed by atoms with Crippen LogP contribution in [0.3, 0.4) is 0 Å². The lowest BCUT2D eigenvalue weighted by Crippen LogP contribution is -2.23. The minimum absolute atomic E-state index is 0.0825. The summed E-state index contributed by atoms with van der Waals surface area (Å²) >= 11 is 0. The van der Waals surface area contributed by atoms with Gasteiger partial charge in [0.05, 0.1) is 12.8 Å². The van der Waals surface area contributed by atoms with Gasteiger partial charge in [-0.2, -0.15) is 0 Å². The summed E-state index contributed by atoms with van der Waals surface area (Å²) in [6.45, 7) is 1.60. The van der Waals surface area contributed by atoms with E-state index in [4.69, 9.17) is 10.5 Å². The highest BCUT2D eigenvalue weighted by atomic mass is 16.5. The summed E-state index contributed by atoms with van der Waals surface area (Å²) in [4.78, 5) is 35.9. The molecular weight excluding hydrogens is 398 g/mol. The van der Waals surface area contributed by atoms with E-state index in [0.29, 0.717) is 11.3 Å². The van der Waals surface area contributed by atoms with Crippen LogP contribution < -0.4 is 21.2 Å². The van der Waals surface area contributed by atoms with Gasteiger partial charge in [0.1, 0.15) is 13.2 Å². The molecule has 31 heavy (non-hydrogen) atoms. The number of aliphatic hydroxyl groups excluding tert-OH is 1. The van der Waals surface area contributed by atoms with E-state index in [1.165, 1.54) is 29.0 Å². The number of rotatable bonds is 8. The third-order valence-electron chi connectivity index (χ3n) is 4.76. The Morgan fingerprint density at radius 3 is 2.48 bits per heavy atom. The smallest absolute Gasteiger partial charge is 0.248 e. The highest BCUT2D eigenvalue weighted by Crippen LogP contribution is 2.14. The molecule has 0 saturated carbocycles. The van der Waals surface area contributed by atoms with E-state index < -0.39 is 12.5 Å². The Hall–Kier alpha value is -3.91. The van der Waals surface area contributed by atoms with E-state index in [-0.39, 0.29) is 35.9 Å². The number of carbonyl (C=O) groups excluding carboxylic acids is 2. The monoisotopic (exact) mass is 421 g/mol. The first-order valence-electron chi connectivity index (χ1n) is 9.58. The van der Waals surface area contributed by atoms with Crippen molar-refractivity contribution in [3.05, 3.63) is 93.4 Å². The van der Waals surface area contributed by atoms with E-state index >= 15 is 0 Å². The van der Waals surface area contributed by atoms with Gasteiger partial charge in [-0.1, -0.05) is 24.3 Å². The summed E-state index contributed by atoms with van der Waals surface area (Å²) in [7, 11) is 0. The Bertz CT molecular complexity index is 1150. The molecule has 8 heteroatoms. The lowest BCUT2D eigenvalue weighted by Gasteiger charge is -2.15. The summed E-state index contributed by atoms with van der Waals surface area (Å²) < 4.78 is 7.15. The van der Waals surface area contributed by atoms with Crippen LogP contribution in [-0.4, -0.2) is 21.5 Å². The van der Waals surface area contributed by atoms with Crippen LogP contribution in [0.2, 0.25) is 0 Å². The van der Waals surface area contributed by atoms with Crippen molar-refractivity contribution in [3.8, 4) is 5.75 Å². The molecule has 0 spiro atoms. The standard InChI is InChI=1S/C23H23N3O5/c1-15-4-2-3-5-17(15)14-31-21-11-26(19(13-27)10-20(21)28)12-22(29)25-18-8-6-16(7-9-18)23(24)30/h2-11,27H,12-14H2,1H3,(H2,24,30)(H,25,29). The van der Waals surface area contributed by atoms with Crippen LogP contribution in [0.25, 0.3) is 0 Å². The second-order valence-corrected chi connectivity index (χ2v) is 6.98. The molecule has 8 nitrogen and oxygen atoms in total. The molecule has 0 radical (unpaired) electrons. The van der Waals surface area contributed by atoms with Crippen molar-refractivity contribution in [2.75, 3.05) is 5.32 Å². The average Bonchev–Trinajstić information content (AvgIpc) is 2.75. The SMILES string of the molecule is Cc1ccccc1COc1cn(CC(=O)Nc2ccc(C(N)=O)cc2)c(CO)cc1=O. The number of hydrogen-bond donors (Lipinski definition) is 3. The Kier molecular flexibility index (Phi) is 6.84. The molecule has 1 aromatic heterocycles. The summed E-state index contributed by atoms with van der Waals surface area (Å²) in [5, 5.41) is 12.3. The normalized spacial score (nSPS) is 10.5. The number of aliphatic hydroxyl groups is 1. The van der Waals surface area contributed by atoms with E-state index in [2.05, 4.69) is 5.32 Å². The molecule has 0 aliphatic heterocycles. The number of hydrogen-bond acceptors (Lipinski definition) is 5. The highest BCUT2D eigenvalue weighted by molar-refractivity contribution is 5.94. The number of carbonyl (C=O) groups is 2. The number of primary amides is 1. The number of nitrogens with two attached hydrogens (primary N) is 1. The molecule has 0 fully saturated rings. The molecule has 2 amide bonds. The van der Waals surface area contributed by atoms with Crippen molar-refractivity contribution < 1.29 is 19.4 Å². The number of benzene rings is 2. The zero-order valence-corrected chi connectivity index (χ0v) is 17.0. The average molecular weight is 421 g/mol. The molecule has 3 rings (SSSR count). The zero-order valence-electron chi connectivity index (χ0n) is 17.0. The molecule has 1 heterocycles. The third kappa shape index (κ3) is 5.58. The van der Waals surface area contributed by atoms with Crippen LogP contribution in [0.5, 0.6) is 5.75 Å². The van der Waals surface area contributed by atoms with Crippen molar-refractivity contribution in [2.45, 2.75) is 26.7 Å². The maximum absolute atomic E-state index is 12.5. The predicted octanol–water partition coefficient (Wildman–Crippen LogP) is 1.97. The van der Waals surface area contributed by atoms with E-state index in [1.807, 2.05) is 31.2 Å². The molecule has 2 aromatic carbocycles. The fourth-order valence-electron chi connectivity index (χ4n) is 2.99. The number of nitrogens with one attached hydrogen (secondary N) is 1. The lowest BCUT2D eigenvalue weighted by molar-refractivity contribution is -0.116. The van der Waals surface area contributed by atoms with Crippen LogP contribution >= 0.6 is 0 Å². The fourth-order valence-corrected chi connectivity index (χ4v) is 2.99. The van der Waals surface area contributed by atoms with Crippen molar-refractivity contribution in [1.82, 2.24) is 4.57 Å². The fraction of sp³-hybridized carbons (Fsp3) is 0.174. The van der Waals surface area contributed by atoms with E-state index in [1.54, 1.807) is 12.1 Å². The van der Waals surface area contributed by atoms with E-state index in [0.717, 1.165) is 11.1 Å². The van der Waals surface area contributed by atoms with Gasteiger partial charge in [0.25, 0.3) is 0 Å². The van der Waals surface area contributed by atoms with Crippen molar-refractivity contribution in [3.63, 3.8) is 0 Å². The van der Waals surface area contributed by atoms with E-state index in [9.17, 15) is 19.5 Å². The summed E-state index contributed by atoms with van der Waals surface area (Å²) in [5.74, 6) is -0.856. The highest BCUT2D eigenvalue weighted by Gasteiger charge is 2.12. The van der Waals surface area contributed by atoms with Crippen LogP contribution in [0.1, 0.15) is 27.2 Å². The Labute approximate surface area is 178 Å². The van der Waals surface area contributed by atoms with Gasteiger partial charge in [0.15, 0.2) is 5.75 Å². The first-order valence-corrected chi connectivity index (χ1v) is 9.58. The number of ether oxygens (including phenoxy) is 1. The van der Waals surface area contributed by atoms with Gasteiger partial charge in [-0.15, -0.1) is 0 Å². The molecule has 0 bridgehead atoms. The number of nitrogens with zero attached hydrogens (tertiary/aromatic N) is 1. The number of aromatic nitrogens is 1. The number of pyridine rings is 1. The summed E-state index contributed by atoms with van der Waals surface area (Å²) in [6, 6.07) is 15.1. The Morgan fingerprint density at radius 1 is 1.13 bits per heavy atom. The second-order valence-electron chi connectivity index (χ2n) is 6.98. The van der Waals surface area contributed by atoms with Crippen LogP contribution in [0, 0.1) is 6.92 Å². The van der Waals surface area contributed by atoms with Gasteiger partial charge < -0.3 is 25.5 Å². The van der Waals surface area contributed by atoms with Crippen LogP contribution in [0.15, 0.2) is 65.6 Å². The molecule has 0 atom stereocenters. The molecular formula is C23H23N3O5. The topological polar surface area (TPSA) is 124 Å². The predicted molar refractivity (Wildman–Crippen MR) is 116 cm³/mol. The third-order valence-corrected chi connectivity index (χ3v) is 4.76. The quantitative estimate of drug-likeness (QED) is 0.513. The summed E-state index contributed by atoms with van der Waals surface area (Å²) in [5.41, 5.74) is 7.91. The molecule has 0 saturated heterocycles. The first kappa shape index (κ1) is 21.8. The van der Waals surface area contributed by atoms with Gasteiger partial charge in [-0.25, -0.2) is 0 Å². The minimum Gasteiger partial charge on any atom is -0.483 e.